The summed E-state index contributed by atoms with van der Waals surface area (Å²) in [4.78, 5) is 19.7. The van der Waals surface area contributed by atoms with Crippen LogP contribution in [0.5, 0.6) is 5.75 Å². The van der Waals surface area contributed by atoms with Crippen LogP contribution in [0, 0.1) is 0 Å². The molecule has 1 rings (SSSR count). The number of rotatable bonds is 3. The second-order valence-electron chi connectivity index (χ2n) is 4.68. The number of carboxylic acids is 1. The number of hydrogen-bond acceptors (Lipinski definition) is 4. The van der Waals surface area contributed by atoms with E-state index in [9.17, 15) is 4.79 Å². The highest BCUT2D eigenvalue weighted by Crippen LogP contribution is 2.25. The van der Waals surface area contributed by atoms with Crippen molar-refractivity contribution in [3.8, 4) is 5.75 Å². The van der Waals surface area contributed by atoms with Crippen LogP contribution in [-0.4, -0.2) is 28.2 Å². The van der Waals surface area contributed by atoms with E-state index in [1.54, 1.807) is 32.9 Å². The third-order valence-corrected chi connectivity index (χ3v) is 1.89. The number of carboxylic acid groups (broad SMARTS) is 1. The van der Waals surface area contributed by atoms with Crippen LogP contribution in [0.1, 0.15) is 32.4 Å². The molecule has 0 aliphatic rings. The van der Waals surface area contributed by atoms with Crippen LogP contribution < -0.4 is 5.73 Å². The molecule has 0 aliphatic carbocycles. The summed E-state index contributed by atoms with van der Waals surface area (Å²) in [5.41, 5.74) is 4.14. The van der Waals surface area contributed by atoms with E-state index in [1.165, 1.54) is 12.1 Å². The van der Waals surface area contributed by atoms with Crippen LogP contribution in [0.2, 0.25) is 0 Å². The number of nitrogens with two attached hydrogens (primary N) is 1. The Morgan fingerprint density at radius 1 is 1.32 bits per heavy atom. The highest BCUT2D eigenvalue weighted by molar-refractivity contribution is 5.74. The molecular formula is C13H19NO5. The Labute approximate surface area is 111 Å². The molecule has 6 nitrogen and oxygen atoms in total. The Kier molecular flexibility index (Phi) is 6.57. The molecule has 0 radical (unpaired) electrons. The number of ether oxygens (including phenoxy) is 1. The number of carbonyl (C=O) groups is 2. The number of aromatic hydroxyl groups is 1. The third kappa shape index (κ3) is 7.05. The molecule has 106 valence electrons. The predicted molar refractivity (Wildman–Crippen MR) is 69.6 cm³/mol. The summed E-state index contributed by atoms with van der Waals surface area (Å²) in [6.07, 6.45) is -0.763. The second-order valence-corrected chi connectivity index (χ2v) is 4.68. The minimum absolute atomic E-state index is 0.101. The van der Waals surface area contributed by atoms with Gasteiger partial charge in [-0.1, -0.05) is 12.1 Å². The molecule has 1 unspecified atom stereocenters. The summed E-state index contributed by atoms with van der Waals surface area (Å²) in [6, 6.07) is 5.97. The van der Waals surface area contributed by atoms with Gasteiger partial charge in [-0.25, -0.2) is 4.79 Å². The lowest BCUT2D eigenvalue weighted by Crippen LogP contribution is -2.27. The highest BCUT2D eigenvalue weighted by Gasteiger charge is 2.26. The van der Waals surface area contributed by atoms with Crippen LogP contribution in [0.25, 0.3) is 0 Å². The van der Waals surface area contributed by atoms with E-state index in [0.717, 1.165) is 0 Å². The molecule has 6 heteroatoms. The van der Waals surface area contributed by atoms with E-state index < -0.39 is 17.7 Å². The van der Waals surface area contributed by atoms with E-state index >= 15 is 0 Å². The lowest BCUT2D eigenvalue weighted by atomic mass is 10.1. The average Bonchev–Trinajstić information content (AvgIpc) is 2.27. The highest BCUT2D eigenvalue weighted by atomic mass is 16.5. The van der Waals surface area contributed by atoms with Crippen molar-refractivity contribution in [1.29, 1.82) is 0 Å². The Bertz CT molecular complexity index is 408. The molecule has 0 saturated heterocycles. The monoisotopic (exact) mass is 269 g/mol. The molecule has 0 aromatic heterocycles. The number of benzene rings is 1. The van der Waals surface area contributed by atoms with Gasteiger partial charge in [0, 0.05) is 0 Å². The van der Waals surface area contributed by atoms with Gasteiger partial charge in [0.15, 0.2) is 6.10 Å². The lowest BCUT2D eigenvalue weighted by molar-refractivity contribution is -0.160. The minimum Gasteiger partial charge on any atom is -0.508 e. The Morgan fingerprint density at radius 3 is 2.05 bits per heavy atom. The molecule has 0 saturated carbocycles. The van der Waals surface area contributed by atoms with Gasteiger partial charge in [-0.3, -0.25) is 4.79 Å². The summed E-state index contributed by atoms with van der Waals surface area (Å²) >= 11 is 0. The van der Waals surface area contributed by atoms with Crippen molar-refractivity contribution < 1.29 is 24.5 Å². The first-order chi connectivity index (χ1) is 8.71. The van der Waals surface area contributed by atoms with Crippen molar-refractivity contribution in [2.75, 3.05) is 0 Å². The van der Waals surface area contributed by atoms with Gasteiger partial charge < -0.3 is 20.7 Å². The summed E-state index contributed by atoms with van der Waals surface area (Å²) in [5, 5.41) is 18.2. The lowest BCUT2D eigenvalue weighted by Gasteiger charge is -2.25. The first kappa shape index (κ1) is 16.9. The SMILES string of the molecule is CC(C)(C)OC(C(=O)O)c1ccc(O)cc1.NC=O. The first-order valence-corrected chi connectivity index (χ1v) is 5.56. The first-order valence-electron chi connectivity index (χ1n) is 5.56. The number of phenolic OH excluding ortho intramolecular Hbond substituents is 1. The maximum Gasteiger partial charge on any atom is 0.337 e. The molecule has 0 aliphatic heterocycles. The number of carbonyl (C=O) groups excluding carboxylic acids is 1. The Morgan fingerprint density at radius 2 is 1.74 bits per heavy atom. The molecule has 1 aromatic carbocycles. The van der Waals surface area contributed by atoms with Gasteiger partial charge >= 0.3 is 5.97 Å². The fourth-order valence-corrected chi connectivity index (χ4v) is 1.26. The number of hydrogen-bond donors (Lipinski definition) is 3. The van der Waals surface area contributed by atoms with Crippen molar-refractivity contribution in [3.63, 3.8) is 0 Å². The van der Waals surface area contributed by atoms with Crippen LogP contribution in [-0.2, 0) is 14.3 Å². The summed E-state index contributed by atoms with van der Waals surface area (Å²) in [6.45, 7) is 5.38. The normalized spacial score (nSPS) is 11.9. The molecule has 0 heterocycles. The van der Waals surface area contributed by atoms with Gasteiger partial charge in [0.25, 0.3) is 0 Å². The van der Waals surface area contributed by atoms with Crippen LogP contribution >= 0.6 is 0 Å². The van der Waals surface area contributed by atoms with E-state index in [2.05, 4.69) is 5.73 Å². The van der Waals surface area contributed by atoms with Crippen LogP contribution in [0.15, 0.2) is 24.3 Å². The van der Waals surface area contributed by atoms with Crippen molar-refractivity contribution in [3.05, 3.63) is 29.8 Å². The van der Waals surface area contributed by atoms with E-state index in [1.807, 2.05) is 0 Å². The number of aliphatic carboxylic acids is 1. The molecule has 1 amide bonds. The number of amides is 1. The summed E-state index contributed by atoms with van der Waals surface area (Å²) in [7, 11) is 0. The molecule has 0 bridgehead atoms. The molecule has 0 fully saturated rings. The van der Waals surface area contributed by atoms with Crippen molar-refractivity contribution >= 4 is 12.4 Å². The zero-order valence-electron chi connectivity index (χ0n) is 11.2. The van der Waals surface area contributed by atoms with Crippen LogP contribution in [0.3, 0.4) is 0 Å². The summed E-state index contributed by atoms with van der Waals surface area (Å²) in [5.74, 6) is -0.940. The average molecular weight is 269 g/mol. The number of primary amides is 1. The summed E-state index contributed by atoms with van der Waals surface area (Å²) < 4.78 is 5.44. The van der Waals surface area contributed by atoms with Crippen molar-refractivity contribution in [2.45, 2.75) is 32.5 Å². The molecular weight excluding hydrogens is 250 g/mol. The minimum atomic E-state index is -1.04. The van der Waals surface area contributed by atoms with E-state index in [-0.39, 0.29) is 12.2 Å². The maximum absolute atomic E-state index is 11.1. The Hall–Kier alpha value is -2.08. The Balaban J connectivity index is 0.000000982. The van der Waals surface area contributed by atoms with Gasteiger partial charge in [-0.2, -0.15) is 0 Å². The maximum atomic E-state index is 11.1. The number of phenols is 1. The van der Waals surface area contributed by atoms with Gasteiger partial charge in [0.1, 0.15) is 5.75 Å². The fourth-order valence-electron chi connectivity index (χ4n) is 1.26. The van der Waals surface area contributed by atoms with E-state index in [4.69, 9.17) is 19.7 Å². The van der Waals surface area contributed by atoms with Gasteiger partial charge in [0.2, 0.25) is 6.41 Å². The third-order valence-electron chi connectivity index (χ3n) is 1.89. The largest absolute Gasteiger partial charge is 0.508 e. The molecule has 4 N–H and O–H groups in total. The van der Waals surface area contributed by atoms with E-state index in [0.29, 0.717) is 5.56 Å². The van der Waals surface area contributed by atoms with Crippen molar-refractivity contribution in [1.82, 2.24) is 0 Å². The van der Waals surface area contributed by atoms with Gasteiger partial charge in [-0.05, 0) is 38.5 Å². The molecule has 0 spiro atoms. The van der Waals surface area contributed by atoms with Crippen molar-refractivity contribution in [2.24, 2.45) is 5.73 Å². The standard InChI is InChI=1S/C12H16O4.CH3NO/c1-12(2,3)16-10(11(14)15)8-4-6-9(13)7-5-8;2-1-3/h4-7,10,13H,1-3H3,(H,14,15);1H,(H2,2,3). The zero-order chi connectivity index (χ0) is 15.1. The quantitative estimate of drug-likeness (QED) is 0.719. The predicted octanol–water partition coefficient (Wildman–Crippen LogP) is 1.43. The smallest absolute Gasteiger partial charge is 0.337 e. The zero-order valence-corrected chi connectivity index (χ0v) is 11.2. The second kappa shape index (κ2) is 7.38. The molecule has 19 heavy (non-hydrogen) atoms. The van der Waals surface area contributed by atoms with Gasteiger partial charge in [0.05, 0.1) is 5.60 Å². The molecule has 1 aromatic rings. The fraction of sp³-hybridized carbons (Fsp3) is 0.385. The topological polar surface area (TPSA) is 110 Å². The van der Waals surface area contributed by atoms with Gasteiger partial charge in [-0.15, -0.1) is 0 Å². The molecule has 1 atom stereocenters. The van der Waals surface area contributed by atoms with Crippen LogP contribution in [0.4, 0.5) is 0 Å².